The Labute approximate surface area is 170 Å². The summed E-state index contributed by atoms with van der Waals surface area (Å²) in [5, 5.41) is 7.52. The normalized spacial score (nSPS) is 16.6. The Bertz CT molecular complexity index is 966. The van der Waals surface area contributed by atoms with Gasteiger partial charge in [0, 0.05) is 35.8 Å². The van der Waals surface area contributed by atoms with E-state index in [1.807, 2.05) is 48.4 Å². The second kappa shape index (κ2) is 8.47. The fraction of sp³-hybridized carbons (Fsp3) is 0.348. The first-order valence-electron chi connectivity index (χ1n) is 10.0. The Morgan fingerprint density at radius 2 is 2.07 bits per heavy atom. The minimum atomic E-state index is 0.0987. The average Bonchev–Trinajstić information content (AvgIpc) is 3.14. The molecule has 1 amide bonds. The monoisotopic (exact) mass is 390 g/mol. The fourth-order valence-corrected chi connectivity index (χ4v) is 4.06. The highest BCUT2D eigenvalue weighted by Crippen LogP contribution is 2.32. The van der Waals surface area contributed by atoms with Gasteiger partial charge in [-0.05, 0) is 62.1 Å². The van der Waals surface area contributed by atoms with Gasteiger partial charge >= 0.3 is 0 Å². The van der Waals surface area contributed by atoms with Crippen LogP contribution in [-0.4, -0.2) is 39.6 Å². The topological polar surface area (TPSA) is 71.1 Å². The molecule has 1 aliphatic heterocycles. The molecule has 1 atom stereocenters. The zero-order valence-electron chi connectivity index (χ0n) is 16.9. The third-order valence-electron chi connectivity index (χ3n) is 5.66. The molecular weight excluding hydrogens is 364 g/mol. The fourth-order valence-electron chi connectivity index (χ4n) is 4.06. The number of rotatable bonds is 5. The van der Waals surface area contributed by atoms with E-state index in [2.05, 4.69) is 21.2 Å². The number of likely N-dealkylation sites (tertiary alicyclic amines) is 1. The van der Waals surface area contributed by atoms with Crippen molar-refractivity contribution < 1.29 is 9.53 Å². The number of aromatic nitrogens is 3. The first-order valence-corrected chi connectivity index (χ1v) is 10.0. The van der Waals surface area contributed by atoms with Crippen LogP contribution in [0.2, 0.25) is 0 Å². The van der Waals surface area contributed by atoms with E-state index < -0.39 is 0 Å². The molecule has 1 saturated heterocycles. The third kappa shape index (κ3) is 4.01. The molecule has 2 aromatic heterocycles. The van der Waals surface area contributed by atoms with Gasteiger partial charge in [0.25, 0.3) is 0 Å². The standard InChI is InChI=1S/C23H26N4O2/c1-16-20(23(26-25-16)17-8-10-19(29-2)11-9-17)14-22(28)27-13-4-3-7-21(27)18-6-5-12-24-15-18/h5-6,8-12,15,21H,3-4,7,13-14H2,1-2H3,(H,25,26)/t21-/m0/s1. The number of nitrogens with one attached hydrogen (secondary N) is 1. The first kappa shape index (κ1) is 19.2. The van der Waals surface area contributed by atoms with E-state index in [-0.39, 0.29) is 11.9 Å². The second-order valence-corrected chi connectivity index (χ2v) is 7.47. The van der Waals surface area contributed by atoms with Crippen molar-refractivity contribution in [3.05, 3.63) is 65.6 Å². The van der Waals surface area contributed by atoms with E-state index in [9.17, 15) is 4.79 Å². The Hall–Kier alpha value is -3.15. The number of aryl methyl sites for hydroxylation is 1. The Balaban J connectivity index is 1.58. The van der Waals surface area contributed by atoms with Crippen molar-refractivity contribution in [2.24, 2.45) is 0 Å². The predicted molar refractivity (Wildman–Crippen MR) is 112 cm³/mol. The lowest BCUT2D eigenvalue weighted by molar-refractivity contribution is -0.134. The Morgan fingerprint density at radius 1 is 1.24 bits per heavy atom. The summed E-state index contributed by atoms with van der Waals surface area (Å²) in [5.41, 5.74) is 4.79. The van der Waals surface area contributed by atoms with Crippen molar-refractivity contribution in [2.45, 2.75) is 38.6 Å². The van der Waals surface area contributed by atoms with Crippen molar-refractivity contribution in [2.75, 3.05) is 13.7 Å². The van der Waals surface area contributed by atoms with Crippen LogP contribution in [-0.2, 0) is 11.2 Å². The van der Waals surface area contributed by atoms with Gasteiger partial charge in [0.05, 0.1) is 25.3 Å². The molecule has 0 saturated carbocycles. The highest BCUT2D eigenvalue weighted by atomic mass is 16.5. The van der Waals surface area contributed by atoms with Crippen LogP contribution >= 0.6 is 0 Å². The number of H-pyrrole nitrogens is 1. The second-order valence-electron chi connectivity index (χ2n) is 7.47. The van der Waals surface area contributed by atoms with Crippen LogP contribution in [0.25, 0.3) is 11.3 Å². The maximum Gasteiger partial charge on any atom is 0.227 e. The van der Waals surface area contributed by atoms with Gasteiger partial charge < -0.3 is 9.64 Å². The number of piperidine rings is 1. The molecule has 3 aromatic rings. The summed E-state index contributed by atoms with van der Waals surface area (Å²) in [6.45, 7) is 2.75. The molecule has 0 unspecified atom stereocenters. The van der Waals surface area contributed by atoms with Crippen LogP contribution in [0.5, 0.6) is 5.75 Å². The van der Waals surface area contributed by atoms with Crippen LogP contribution < -0.4 is 4.74 Å². The van der Waals surface area contributed by atoms with Crippen LogP contribution in [0.4, 0.5) is 0 Å². The van der Waals surface area contributed by atoms with Crippen molar-refractivity contribution >= 4 is 5.91 Å². The molecule has 0 aliphatic carbocycles. The number of benzene rings is 1. The number of pyridine rings is 1. The highest BCUT2D eigenvalue weighted by molar-refractivity contribution is 5.82. The number of ether oxygens (including phenoxy) is 1. The van der Waals surface area contributed by atoms with E-state index in [4.69, 9.17) is 4.74 Å². The van der Waals surface area contributed by atoms with Gasteiger partial charge in [-0.15, -0.1) is 0 Å². The molecule has 29 heavy (non-hydrogen) atoms. The molecule has 4 rings (SSSR count). The lowest BCUT2D eigenvalue weighted by Gasteiger charge is -2.36. The summed E-state index contributed by atoms with van der Waals surface area (Å²) < 4.78 is 5.24. The van der Waals surface area contributed by atoms with Gasteiger partial charge in [0.1, 0.15) is 5.75 Å². The molecule has 0 spiro atoms. The van der Waals surface area contributed by atoms with Gasteiger partial charge in [-0.25, -0.2) is 0 Å². The summed E-state index contributed by atoms with van der Waals surface area (Å²) in [6, 6.07) is 11.9. The minimum Gasteiger partial charge on any atom is -0.497 e. The zero-order chi connectivity index (χ0) is 20.2. The molecule has 1 N–H and O–H groups in total. The smallest absolute Gasteiger partial charge is 0.227 e. The number of amides is 1. The van der Waals surface area contributed by atoms with Gasteiger partial charge in [-0.1, -0.05) is 6.07 Å². The van der Waals surface area contributed by atoms with Crippen molar-refractivity contribution in [3.63, 3.8) is 0 Å². The lowest BCUT2D eigenvalue weighted by Crippen LogP contribution is -2.39. The number of methoxy groups -OCH3 is 1. The van der Waals surface area contributed by atoms with Gasteiger partial charge in [0.2, 0.25) is 5.91 Å². The maximum atomic E-state index is 13.3. The zero-order valence-corrected chi connectivity index (χ0v) is 16.9. The number of nitrogens with zero attached hydrogens (tertiary/aromatic N) is 3. The van der Waals surface area contributed by atoms with Gasteiger partial charge in [0.15, 0.2) is 0 Å². The molecular formula is C23H26N4O2. The number of carbonyl (C=O) groups is 1. The molecule has 6 nitrogen and oxygen atoms in total. The summed E-state index contributed by atoms with van der Waals surface area (Å²) in [7, 11) is 1.65. The highest BCUT2D eigenvalue weighted by Gasteiger charge is 2.29. The van der Waals surface area contributed by atoms with E-state index in [1.54, 1.807) is 13.3 Å². The van der Waals surface area contributed by atoms with Crippen molar-refractivity contribution in [3.8, 4) is 17.0 Å². The SMILES string of the molecule is COc1ccc(-c2n[nH]c(C)c2CC(=O)N2CCCC[C@H]2c2cccnc2)cc1. The predicted octanol–water partition coefficient (Wildman–Crippen LogP) is 4.09. The van der Waals surface area contributed by atoms with Crippen LogP contribution in [0.1, 0.15) is 42.1 Å². The van der Waals surface area contributed by atoms with Crippen LogP contribution in [0.15, 0.2) is 48.8 Å². The summed E-state index contributed by atoms with van der Waals surface area (Å²) >= 11 is 0. The summed E-state index contributed by atoms with van der Waals surface area (Å²) in [6.07, 6.45) is 7.13. The maximum absolute atomic E-state index is 13.3. The first-order chi connectivity index (χ1) is 14.2. The molecule has 6 heteroatoms. The quantitative estimate of drug-likeness (QED) is 0.712. The number of carbonyl (C=O) groups excluding carboxylic acids is 1. The number of hydrogen-bond acceptors (Lipinski definition) is 4. The molecule has 3 heterocycles. The molecule has 150 valence electrons. The largest absolute Gasteiger partial charge is 0.497 e. The van der Waals surface area contributed by atoms with Gasteiger partial charge in [-0.2, -0.15) is 5.10 Å². The van der Waals surface area contributed by atoms with Crippen molar-refractivity contribution in [1.82, 2.24) is 20.1 Å². The van der Waals surface area contributed by atoms with Gasteiger partial charge in [-0.3, -0.25) is 14.9 Å². The Kier molecular flexibility index (Phi) is 5.60. The van der Waals surface area contributed by atoms with E-state index >= 15 is 0 Å². The molecule has 1 fully saturated rings. The molecule has 1 aromatic carbocycles. The van der Waals surface area contributed by atoms with E-state index in [0.717, 1.165) is 59.6 Å². The Morgan fingerprint density at radius 3 is 2.79 bits per heavy atom. The average molecular weight is 390 g/mol. The lowest BCUT2D eigenvalue weighted by atomic mass is 9.95. The molecule has 0 bridgehead atoms. The minimum absolute atomic E-state index is 0.0987. The van der Waals surface area contributed by atoms with Crippen LogP contribution in [0.3, 0.4) is 0 Å². The third-order valence-corrected chi connectivity index (χ3v) is 5.66. The number of aromatic amines is 1. The van der Waals surface area contributed by atoms with E-state index in [0.29, 0.717) is 6.42 Å². The molecule has 1 aliphatic rings. The number of hydrogen-bond donors (Lipinski definition) is 1. The summed E-state index contributed by atoms with van der Waals surface area (Å²) in [4.78, 5) is 19.6. The van der Waals surface area contributed by atoms with Crippen LogP contribution in [0, 0.1) is 6.92 Å². The molecule has 0 radical (unpaired) electrons. The summed E-state index contributed by atoms with van der Waals surface area (Å²) in [5.74, 6) is 0.934. The van der Waals surface area contributed by atoms with Crippen molar-refractivity contribution in [1.29, 1.82) is 0 Å². The van der Waals surface area contributed by atoms with E-state index in [1.165, 1.54) is 0 Å².